The van der Waals surface area contributed by atoms with Crippen LogP contribution in [-0.4, -0.2) is 22.8 Å². The van der Waals surface area contributed by atoms with Gasteiger partial charge in [0, 0.05) is 26.3 Å². The van der Waals surface area contributed by atoms with E-state index in [0.29, 0.717) is 12.1 Å². The van der Waals surface area contributed by atoms with Crippen molar-refractivity contribution in [3.63, 3.8) is 0 Å². The molecule has 0 amide bonds. The molecule has 0 radical (unpaired) electrons. The van der Waals surface area contributed by atoms with Gasteiger partial charge in [-0.15, -0.1) is 0 Å². The maximum absolute atomic E-state index is 5.53. The molecule has 0 bridgehead atoms. The molecule has 0 heterocycles. The van der Waals surface area contributed by atoms with E-state index in [2.05, 4.69) is 26.3 Å². The summed E-state index contributed by atoms with van der Waals surface area (Å²) in [7, 11) is 1.09. The highest BCUT2D eigenvalue weighted by Crippen LogP contribution is 2.25. The van der Waals surface area contributed by atoms with Crippen LogP contribution in [0, 0.1) is 0 Å². The molecule has 0 aromatic carbocycles. The van der Waals surface area contributed by atoms with Crippen molar-refractivity contribution < 1.29 is 8.85 Å². The molecule has 0 fully saturated rings. The van der Waals surface area contributed by atoms with Crippen LogP contribution in [-0.2, 0) is 8.85 Å². The van der Waals surface area contributed by atoms with Gasteiger partial charge in [-0.1, -0.05) is 49.6 Å². The Morgan fingerprint density at radius 2 is 1.33 bits per heavy atom. The zero-order valence-electron chi connectivity index (χ0n) is 9.71. The third-order valence-electron chi connectivity index (χ3n) is 2.31. The van der Waals surface area contributed by atoms with Crippen LogP contribution >= 0.6 is 0 Å². The van der Waals surface area contributed by atoms with Crippen molar-refractivity contribution in [2.75, 3.05) is 14.2 Å². The molecular formula is C12H20O2Si. The first-order chi connectivity index (χ1) is 7.03. The molecular weight excluding hydrogens is 204 g/mol. The van der Waals surface area contributed by atoms with Gasteiger partial charge in [0.1, 0.15) is 0 Å². The van der Waals surface area contributed by atoms with E-state index in [0.717, 1.165) is 11.1 Å². The van der Waals surface area contributed by atoms with Gasteiger partial charge in [-0.2, -0.15) is 0 Å². The van der Waals surface area contributed by atoms with E-state index in [1.54, 1.807) is 26.4 Å². The molecule has 0 unspecified atom stereocenters. The summed E-state index contributed by atoms with van der Waals surface area (Å²) in [5, 5.41) is 0. The Balaban J connectivity index is 4.70. The van der Waals surface area contributed by atoms with Gasteiger partial charge in [-0.25, -0.2) is 0 Å². The first-order valence-electron chi connectivity index (χ1n) is 4.74. The maximum Gasteiger partial charge on any atom is 0.346 e. The molecule has 84 valence electrons. The molecule has 0 aliphatic rings. The molecule has 0 N–H and O–H groups in total. The van der Waals surface area contributed by atoms with Crippen LogP contribution in [0.2, 0.25) is 12.1 Å². The van der Waals surface area contributed by atoms with Crippen LogP contribution in [0.5, 0.6) is 0 Å². The Labute approximate surface area is 93.8 Å². The molecule has 3 heteroatoms. The smallest absolute Gasteiger partial charge is 0.346 e. The minimum absolute atomic E-state index is 0.705. The fourth-order valence-electron chi connectivity index (χ4n) is 1.27. The van der Waals surface area contributed by atoms with E-state index in [-0.39, 0.29) is 0 Å². The fraction of sp³-hybridized carbons (Fsp3) is 0.333. The zero-order valence-corrected chi connectivity index (χ0v) is 10.7. The largest absolute Gasteiger partial charge is 0.397 e. The standard InChI is InChI=1S/C12H20O2Si/c1-7-11(3)9-15(13-5,14-6)10-12(4)8-2/h7-8H,1-4,9-10H2,5-6H3. The maximum atomic E-state index is 5.53. The molecule has 0 aliphatic heterocycles. The Hall–Kier alpha value is -0.903. The summed E-state index contributed by atoms with van der Waals surface area (Å²) in [6.07, 6.45) is 3.47. The lowest BCUT2D eigenvalue weighted by atomic mass is 10.3. The summed E-state index contributed by atoms with van der Waals surface area (Å²) in [4.78, 5) is 0. The van der Waals surface area contributed by atoms with E-state index in [1.165, 1.54) is 0 Å². The van der Waals surface area contributed by atoms with E-state index in [4.69, 9.17) is 8.85 Å². The van der Waals surface area contributed by atoms with Crippen LogP contribution in [0.15, 0.2) is 49.6 Å². The number of rotatable bonds is 8. The highest BCUT2D eigenvalue weighted by atomic mass is 28.4. The summed E-state index contributed by atoms with van der Waals surface area (Å²) in [5.41, 5.74) is 1.87. The SMILES string of the molecule is C=CC(=C)C[Si](CC(=C)C=C)(OC)OC. The van der Waals surface area contributed by atoms with Gasteiger partial charge in [0.25, 0.3) is 0 Å². The Bertz CT molecular complexity index is 241. The lowest BCUT2D eigenvalue weighted by Gasteiger charge is -2.27. The second kappa shape index (κ2) is 6.56. The quantitative estimate of drug-likeness (QED) is 0.465. The Morgan fingerprint density at radius 3 is 1.53 bits per heavy atom. The second-order valence-corrected chi connectivity index (χ2v) is 6.74. The average molecular weight is 224 g/mol. The number of hydrogen-bond donors (Lipinski definition) is 0. The Morgan fingerprint density at radius 1 is 1.00 bits per heavy atom. The third-order valence-corrected chi connectivity index (χ3v) is 5.79. The minimum atomic E-state index is -2.25. The highest BCUT2D eigenvalue weighted by molar-refractivity contribution is 6.68. The second-order valence-electron chi connectivity index (χ2n) is 3.40. The van der Waals surface area contributed by atoms with Gasteiger partial charge in [0.05, 0.1) is 0 Å². The van der Waals surface area contributed by atoms with Gasteiger partial charge in [0.15, 0.2) is 0 Å². The predicted molar refractivity (Wildman–Crippen MR) is 68.1 cm³/mol. The molecule has 0 rings (SSSR count). The van der Waals surface area contributed by atoms with Crippen molar-refractivity contribution in [3.05, 3.63) is 49.6 Å². The van der Waals surface area contributed by atoms with Gasteiger partial charge >= 0.3 is 8.56 Å². The van der Waals surface area contributed by atoms with Crippen molar-refractivity contribution >= 4 is 8.56 Å². The molecule has 0 spiro atoms. The van der Waals surface area contributed by atoms with Crippen molar-refractivity contribution in [1.82, 2.24) is 0 Å². The summed E-state index contributed by atoms with van der Waals surface area (Å²) >= 11 is 0. The van der Waals surface area contributed by atoms with E-state index in [1.807, 2.05) is 0 Å². The number of hydrogen-bond acceptors (Lipinski definition) is 2. The third kappa shape index (κ3) is 4.42. The van der Waals surface area contributed by atoms with Gasteiger partial charge < -0.3 is 8.85 Å². The summed E-state index contributed by atoms with van der Waals surface area (Å²) in [6.45, 7) is 15.1. The minimum Gasteiger partial charge on any atom is -0.397 e. The van der Waals surface area contributed by atoms with Crippen molar-refractivity contribution in [3.8, 4) is 0 Å². The zero-order chi connectivity index (χ0) is 11.9. The molecule has 15 heavy (non-hydrogen) atoms. The number of allylic oxidation sites excluding steroid dienone is 4. The highest BCUT2D eigenvalue weighted by Gasteiger charge is 2.35. The van der Waals surface area contributed by atoms with Crippen LogP contribution < -0.4 is 0 Å². The molecule has 0 saturated carbocycles. The van der Waals surface area contributed by atoms with Crippen molar-refractivity contribution in [2.45, 2.75) is 12.1 Å². The van der Waals surface area contributed by atoms with E-state index < -0.39 is 8.56 Å². The average Bonchev–Trinajstić information content (AvgIpc) is 2.27. The molecule has 2 nitrogen and oxygen atoms in total. The van der Waals surface area contributed by atoms with Crippen LogP contribution in [0.1, 0.15) is 0 Å². The summed E-state index contributed by atoms with van der Waals surface area (Å²) in [5.74, 6) is 0. The topological polar surface area (TPSA) is 18.5 Å². The molecule has 0 aliphatic carbocycles. The van der Waals surface area contributed by atoms with Crippen molar-refractivity contribution in [1.29, 1.82) is 0 Å². The summed E-state index contributed by atoms with van der Waals surface area (Å²) in [6, 6.07) is 1.41. The van der Waals surface area contributed by atoms with E-state index >= 15 is 0 Å². The lowest BCUT2D eigenvalue weighted by Crippen LogP contribution is -2.40. The van der Waals surface area contributed by atoms with Gasteiger partial charge in [-0.3, -0.25) is 0 Å². The molecule has 0 atom stereocenters. The molecule has 0 saturated heterocycles. The first-order valence-corrected chi connectivity index (χ1v) is 6.97. The van der Waals surface area contributed by atoms with Crippen molar-refractivity contribution in [2.24, 2.45) is 0 Å². The first kappa shape index (κ1) is 14.1. The van der Waals surface area contributed by atoms with Crippen LogP contribution in [0.4, 0.5) is 0 Å². The van der Waals surface area contributed by atoms with Crippen LogP contribution in [0.3, 0.4) is 0 Å². The fourth-order valence-corrected chi connectivity index (χ4v) is 3.81. The molecule has 0 aromatic rings. The molecule has 0 aromatic heterocycles. The normalized spacial score (nSPS) is 10.8. The Kier molecular flexibility index (Phi) is 6.16. The summed E-state index contributed by atoms with van der Waals surface area (Å²) < 4.78 is 11.1. The van der Waals surface area contributed by atoms with Gasteiger partial charge in [-0.05, 0) is 0 Å². The predicted octanol–water partition coefficient (Wildman–Crippen LogP) is 3.21. The van der Waals surface area contributed by atoms with Crippen LogP contribution in [0.25, 0.3) is 0 Å². The monoisotopic (exact) mass is 224 g/mol. The lowest BCUT2D eigenvalue weighted by molar-refractivity contribution is 0.247. The van der Waals surface area contributed by atoms with Gasteiger partial charge in [0.2, 0.25) is 0 Å². The van der Waals surface area contributed by atoms with E-state index in [9.17, 15) is 0 Å².